The minimum Gasteiger partial charge on any atom is -0.337 e. The van der Waals surface area contributed by atoms with Crippen LogP contribution in [0.4, 0.5) is 5.95 Å². The number of aromatic nitrogens is 3. The predicted octanol–water partition coefficient (Wildman–Crippen LogP) is -0.778. The van der Waals surface area contributed by atoms with E-state index in [1.807, 2.05) is 0 Å². The molecule has 7 heteroatoms. The van der Waals surface area contributed by atoms with Gasteiger partial charge in [0.05, 0.1) is 6.54 Å². The second-order valence-corrected chi connectivity index (χ2v) is 2.76. The van der Waals surface area contributed by atoms with Crippen LogP contribution >= 0.6 is 0 Å². The topological polar surface area (TPSA) is 91.0 Å². The molecule has 0 spiro atoms. The molecule has 0 aliphatic rings. The second kappa shape index (κ2) is 4.35. The summed E-state index contributed by atoms with van der Waals surface area (Å²) < 4.78 is 0. The van der Waals surface area contributed by atoms with E-state index in [-0.39, 0.29) is 24.3 Å². The fourth-order valence-corrected chi connectivity index (χ4v) is 0.764. The highest BCUT2D eigenvalue weighted by Crippen LogP contribution is 1.93. The van der Waals surface area contributed by atoms with Crippen LogP contribution < -0.4 is 5.32 Å². The van der Waals surface area contributed by atoms with Crippen molar-refractivity contribution in [1.82, 2.24) is 20.1 Å². The Morgan fingerprint density at radius 3 is 2.86 bits per heavy atom. The molecule has 1 rings (SSSR count). The van der Waals surface area contributed by atoms with Gasteiger partial charge < -0.3 is 4.90 Å². The third-order valence-corrected chi connectivity index (χ3v) is 1.59. The van der Waals surface area contributed by atoms with Gasteiger partial charge in [-0.3, -0.25) is 14.9 Å². The molecule has 0 unspecified atom stereocenters. The number of carbonyl (C=O) groups is 2. The lowest BCUT2D eigenvalue weighted by Crippen LogP contribution is -2.33. The van der Waals surface area contributed by atoms with Crippen LogP contribution in [0.5, 0.6) is 0 Å². The Hall–Kier alpha value is -1.92. The van der Waals surface area contributed by atoms with Gasteiger partial charge >= 0.3 is 0 Å². The molecule has 0 bridgehead atoms. The van der Waals surface area contributed by atoms with Crippen molar-refractivity contribution in [3.63, 3.8) is 0 Å². The Labute approximate surface area is 80.5 Å². The maximum Gasteiger partial charge on any atom is 0.246 e. The summed E-state index contributed by atoms with van der Waals surface area (Å²) in [5, 5.41) is 8.48. The van der Waals surface area contributed by atoms with Gasteiger partial charge in [-0.15, -0.1) is 0 Å². The summed E-state index contributed by atoms with van der Waals surface area (Å²) in [5.74, 6) is -0.218. The summed E-state index contributed by atoms with van der Waals surface area (Å²) >= 11 is 0. The molecule has 1 aromatic heterocycles. The second-order valence-electron chi connectivity index (χ2n) is 2.76. The van der Waals surface area contributed by atoms with E-state index in [0.717, 1.165) is 0 Å². The van der Waals surface area contributed by atoms with Gasteiger partial charge in [-0.25, -0.2) is 5.10 Å². The first kappa shape index (κ1) is 10.2. The largest absolute Gasteiger partial charge is 0.337 e. The monoisotopic (exact) mass is 197 g/mol. The van der Waals surface area contributed by atoms with E-state index in [9.17, 15) is 9.59 Å². The zero-order valence-corrected chi connectivity index (χ0v) is 7.94. The molecular formula is C7H11N5O2. The van der Waals surface area contributed by atoms with E-state index in [2.05, 4.69) is 20.5 Å². The first-order valence-electron chi connectivity index (χ1n) is 3.96. The lowest BCUT2D eigenvalue weighted by Gasteiger charge is -2.12. The highest BCUT2D eigenvalue weighted by atomic mass is 16.2. The minimum absolute atomic E-state index is 0.00394. The fourth-order valence-electron chi connectivity index (χ4n) is 0.764. The molecule has 76 valence electrons. The molecule has 0 radical (unpaired) electrons. The summed E-state index contributed by atoms with van der Waals surface area (Å²) in [6.45, 7) is 1.39. The average Bonchev–Trinajstić information content (AvgIpc) is 2.56. The number of anilines is 1. The molecule has 2 N–H and O–H groups in total. The zero-order chi connectivity index (χ0) is 10.6. The van der Waals surface area contributed by atoms with Gasteiger partial charge in [0.25, 0.3) is 0 Å². The normalized spacial score (nSPS) is 9.57. The molecule has 0 saturated heterocycles. The Balaban J connectivity index is 2.40. The van der Waals surface area contributed by atoms with Crippen molar-refractivity contribution in [1.29, 1.82) is 0 Å². The van der Waals surface area contributed by atoms with Crippen LogP contribution in [0.15, 0.2) is 6.33 Å². The number of carbonyl (C=O) groups excluding carboxylic acids is 2. The molecule has 0 saturated carbocycles. The van der Waals surface area contributed by atoms with Crippen molar-refractivity contribution in [3.8, 4) is 0 Å². The van der Waals surface area contributed by atoms with Crippen LogP contribution in [-0.2, 0) is 9.59 Å². The van der Waals surface area contributed by atoms with Gasteiger partial charge in [-0.1, -0.05) is 0 Å². The third-order valence-electron chi connectivity index (χ3n) is 1.59. The van der Waals surface area contributed by atoms with E-state index < -0.39 is 0 Å². The number of hydrogen-bond acceptors (Lipinski definition) is 4. The van der Waals surface area contributed by atoms with E-state index >= 15 is 0 Å². The van der Waals surface area contributed by atoms with Crippen LogP contribution in [0.25, 0.3) is 0 Å². The Kier molecular flexibility index (Phi) is 3.16. The molecule has 0 aromatic carbocycles. The number of aromatic amines is 1. The molecule has 1 aromatic rings. The van der Waals surface area contributed by atoms with Crippen LogP contribution in [0.1, 0.15) is 6.92 Å². The third kappa shape index (κ3) is 2.85. The van der Waals surface area contributed by atoms with Crippen molar-refractivity contribution < 1.29 is 9.59 Å². The lowest BCUT2D eigenvalue weighted by molar-refractivity contribution is -0.131. The van der Waals surface area contributed by atoms with Crippen molar-refractivity contribution in [2.45, 2.75) is 6.92 Å². The SMILES string of the molecule is CC(=O)N(C)CC(=O)Nc1ncn[nH]1. The first-order valence-corrected chi connectivity index (χ1v) is 3.96. The van der Waals surface area contributed by atoms with Gasteiger partial charge in [-0.05, 0) is 0 Å². The lowest BCUT2D eigenvalue weighted by atomic mass is 10.5. The number of nitrogens with one attached hydrogen (secondary N) is 2. The molecule has 0 fully saturated rings. The molecular weight excluding hydrogens is 186 g/mol. The van der Waals surface area contributed by atoms with Crippen molar-refractivity contribution in [3.05, 3.63) is 6.33 Å². The molecule has 1 heterocycles. The summed E-state index contributed by atoms with van der Waals surface area (Å²) in [6.07, 6.45) is 1.28. The number of rotatable bonds is 3. The smallest absolute Gasteiger partial charge is 0.246 e. The van der Waals surface area contributed by atoms with Gasteiger partial charge in [-0.2, -0.15) is 10.1 Å². The van der Waals surface area contributed by atoms with Gasteiger partial charge in [0.1, 0.15) is 6.33 Å². The highest BCUT2D eigenvalue weighted by Gasteiger charge is 2.09. The molecule has 14 heavy (non-hydrogen) atoms. The number of H-pyrrole nitrogens is 1. The summed E-state index contributed by atoms with van der Waals surface area (Å²) in [5.41, 5.74) is 0. The van der Waals surface area contributed by atoms with E-state index in [1.165, 1.54) is 18.2 Å². The first-order chi connectivity index (χ1) is 6.59. The summed E-state index contributed by atoms with van der Waals surface area (Å²) in [6, 6.07) is 0. The highest BCUT2D eigenvalue weighted by molar-refractivity contribution is 5.92. The van der Waals surface area contributed by atoms with Crippen molar-refractivity contribution >= 4 is 17.8 Å². The van der Waals surface area contributed by atoms with Gasteiger partial charge in [0, 0.05) is 14.0 Å². The fraction of sp³-hybridized carbons (Fsp3) is 0.429. The Morgan fingerprint density at radius 2 is 2.36 bits per heavy atom. The van der Waals surface area contributed by atoms with Crippen LogP contribution in [-0.4, -0.2) is 45.5 Å². The van der Waals surface area contributed by atoms with Crippen molar-refractivity contribution in [2.75, 3.05) is 18.9 Å². The van der Waals surface area contributed by atoms with E-state index in [1.54, 1.807) is 7.05 Å². The molecule has 0 aliphatic heterocycles. The standard InChI is InChI=1S/C7H11N5O2/c1-5(13)12(2)3-6(14)10-7-8-4-9-11-7/h4H,3H2,1-2H3,(H2,8,9,10,11,14). The summed E-state index contributed by atoms with van der Waals surface area (Å²) in [4.78, 5) is 27.0. The molecule has 0 aliphatic carbocycles. The maximum absolute atomic E-state index is 11.2. The van der Waals surface area contributed by atoms with Crippen LogP contribution in [0.3, 0.4) is 0 Å². The predicted molar refractivity (Wildman–Crippen MR) is 48.3 cm³/mol. The van der Waals surface area contributed by atoms with Crippen LogP contribution in [0.2, 0.25) is 0 Å². The quantitative estimate of drug-likeness (QED) is 0.665. The number of hydrogen-bond donors (Lipinski definition) is 2. The number of amides is 2. The number of nitrogens with zero attached hydrogens (tertiary/aromatic N) is 3. The molecule has 7 nitrogen and oxygen atoms in total. The van der Waals surface area contributed by atoms with E-state index in [4.69, 9.17) is 0 Å². The van der Waals surface area contributed by atoms with Crippen molar-refractivity contribution in [2.24, 2.45) is 0 Å². The van der Waals surface area contributed by atoms with Crippen LogP contribution in [0, 0.1) is 0 Å². The Bertz CT molecular complexity index is 321. The van der Waals surface area contributed by atoms with Gasteiger partial charge in [0.2, 0.25) is 17.8 Å². The van der Waals surface area contributed by atoms with E-state index in [0.29, 0.717) is 0 Å². The average molecular weight is 197 g/mol. The molecule has 2 amide bonds. The minimum atomic E-state index is -0.320. The Morgan fingerprint density at radius 1 is 1.64 bits per heavy atom. The summed E-state index contributed by atoms with van der Waals surface area (Å²) in [7, 11) is 1.54. The molecule has 0 atom stereocenters. The number of likely N-dealkylation sites (N-methyl/N-ethyl adjacent to an activating group) is 1. The zero-order valence-electron chi connectivity index (χ0n) is 7.94. The maximum atomic E-state index is 11.2. The van der Waals surface area contributed by atoms with Gasteiger partial charge in [0.15, 0.2) is 0 Å².